The number of hydrogen-bond acceptors (Lipinski definition) is 8. The quantitative estimate of drug-likeness (QED) is 0.0196. The molecular weight excluding hydrogens is 755 g/mol. The van der Waals surface area contributed by atoms with Gasteiger partial charge in [-0.15, -0.1) is 0 Å². The number of esters is 2. The van der Waals surface area contributed by atoms with Gasteiger partial charge in [-0.05, 0) is 77.0 Å². The van der Waals surface area contributed by atoms with Crippen molar-refractivity contribution in [3.8, 4) is 0 Å². The molecular formula is C51H87NO8. The Hall–Kier alpha value is -3.27. The number of carbonyl (C=O) groups excluding carboxylic acids is 3. The number of aliphatic carboxylic acids is 1. The number of likely N-dealkylation sites (N-methyl/N-ethyl adjacent to an activating group) is 1. The van der Waals surface area contributed by atoms with E-state index in [2.05, 4.69) is 86.8 Å². The van der Waals surface area contributed by atoms with E-state index in [1.165, 1.54) is 38.5 Å². The highest BCUT2D eigenvalue weighted by molar-refractivity contribution is 5.70. The molecule has 0 aliphatic rings. The summed E-state index contributed by atoms with van der Waals surface area (Å²) >= 11 is 0. The van der Waals surface area contributed by atoms with E-state index in [9.17, 15) is 19.5 Å². The van der Waals surface area contributed by atoms with Crippen molar-refractivity contribution in [3.05, 3.63) is 72.9 Å². The normalized spacial score (nSPS) is 13.6. The number of unbranched alkanes of at least 4 members (excludes halogenated alkanes) is 15. The number of quaternary nitrogens is 1. The van der Waals surface area contributed by atoms with Crippen LogP contribution in [0.4, 0.5) is 0 Å². The lowest BCUT2D eigenvalue weighted by atomic mass is 10.1. The Bertz CT molecular complexity index is 1210. The third-order valence-electron chi connectivity index (χ3n) is 9.67. The summed E-state index contributed by atoms with van der Waals surface area (Å²) in [7, 11) is 5.89. The average Bonchev–Trinajstić information content (AvgIpc) is 3.21. The second-order valence-corrected chi connectivity index (χ2v) is 16.7. The first-order chi connectivity index (χ1) is 29.1. The molecule has 0 N–H and O–H groups in total. The van der Waals surface area contributed by atoms with E-state index in [4.69, 9.17) is 18.9 Å². The molecule has 0 aliphatic carbocycles. The van der Waals surface area contributed by atoms with Gasteiger partial charge in [-0.25, -0.2) is 0 Å². The molecule has 2 atom stereocenters. The molecule has 9 nitrogen and oxygen atoms in total. The zero-order valence-electron chi connectivity index (χ0n) is 38.8. The molecule has 0 rings (SSSR count). The molecule has 0 radical (unpaired) electrons. The van der Waals surface area contributed by atoms with Gasteiger partial charge in [-0.3, -0.25) is 9.59 Å². The zero-order chi connectivity index (χ0) is 44.2. The molecule has 0 saturated carbocycles. The minimum atomic E-state index is -1.63. The van der Waals surface area contributed by atoms with E-state index in [1.54, 1.807) is 0 Å². The van der Waals surface area contributed by atoms with E-state index in [1.807, 2.05) is 21.1 Å². The van der Waals surface area contributed by atoms with Crippen LogP contribution in [0.3, 0.4) is 0 Å². The van der Waals surface area contributed by atoms with Crippen molar-refractivity contribution in [2.75, 3.05) is 47.5 Å². The molecule has 0 aromatic rings. The Morgan fingerprint density at radius 2 is 0.950 bits per heavy atom. The second kappa shape index (κ2) is 42.4. The van der Waals surface area contributed by atoms with Crippen LogP contribution >= 0.6 is 0 Å². The molecule has 60 heavy (non-hydrogen) atoms. The van der Waals surface area contributed by atoms with Crippen LogP contribution in [0.2, 0.25) is 0 Å². The van der Waals surface area contributed by atoms with Crippen LogP contribution in [0, 0.1) is 0 Å². The largest absolute Gasteiger partial charge is 0.545 e. The van der Waals surface area contributed by atoms with Crippen molar-refractivity contribution in [3.63, 3.8) is 0 Å². The highest BCUT2D eigenvalue weighted by Crippen LogP contribution is 2.14. The summed E-state index contributed by atoms with van der Waals surface area (Å²) < 4.78 is 22.5. The molecule has 0 saturated heterocycles. The molecule has 0 bridgehead atoms. The fraction of sp³-hybridized carbons (Fsp3) is 0.706. The van der Waals surface area contributed by atoms with Gasteiger partial charge in [0.2, 0.25) is 0 Å². The third-order valence-corrected chi connectivity index (χ3v) is 9.67. The minimum absolute atomic E-state index is 0.142. The summed E-state index contributed by atoms with van der Waals surface area (Å²) in [5, 5.41) is 11.7. The van der Waals surface area contributed by atoms with Crippen molar-refractivity contribution in [2.45, 2.75) is 187 Å². The maximum Gasteiger partial charge on any atom is 0.306 e. The Labute approximate surface area is 367 Å². The SMILES string of the molecule is CC/C=C\C/C=C\C/C=C\C/C=C\C/C=C\CCCCCCCCCCCC(=O)OC(COC(=O)CCCCCCC/C=C\CCC)COC(OCC[N+](C)(C)C)C(=O)[O-]. The summed E-state index contributed by atoms with van der Waals surface area (Å²) in [4.78, 5) is 36.9. The molecule has 0 aromatic carbocycles. The van der Waals surface area contributed by atoms with Crippen LogP contribution in [-0.2, 0) is 33.3 Å². The number of nitrogens with zero attached hydrogens (tertiary/aromatic N) is 1. The molecule has 344 valence electrons. The Morgan fingerprint density at radius 1 is 0.517 bits per heavy atom. The fourth-order valence-electron chi connectivity index (χ4n) is 6.03. The van der Waals surface area contributed by atoms with Crippen molar-refractivity contribution < 1.29 is 42.9 Å². The number of carboxylic acid groups (broad SMARTS) is 1. The summed E-state index contributed by atoms with van der Waals surface area (Å²) in [6.45, 7) is 4.53. The van der Waals surface area contributed by atoms with Crippen molar-refractivity contribution in [1.82, 2.24) is 0 Å². The van der Waals surface area contributed by atoms with Crippen LogP contribution in [0.15, 0.2) is 72.9 Å². The zero-order valence-corrected chi connectivity index (χ0v) is 38.8. The van der Waals surface area contributed by atoms with Gasteiger partial charge in [0.05, 0.1) is 40.3 Å². The van der Waals surface area contributed by atoms with Crippen LogP contribution in [0.5, 0.6) is 0 Å². The molecule has 0 spiro atoms. The third kappa shape index (κ3) is 42.8. The van der Waals surface area contributed by atoms with E-state index in [0.717, 1.165) is 103 Å². The maximum absolute atomic E-state index is 12.8. The Morgan fingerprint density at radius 3 is 1.43 bits per heavy atom. The van der Waals surface area contributed by atoms with Gasteiger partial charge in [0.15, 0.2) is 12.4 Å². The van der Waals surface area contributed by atoms with Crippen LogP contribution in [-0.4, -0.2) is 82.3 Å². The molecule has 2 unspecified atom stereocenters. The lowest BCUT2D eigenvalue weighted by Crippen LogP contribution is -2.44. The topological polar surface area (TPSA) is 111 Å². The van der Waals surface area contributed by atoms with Crippen LogP contribution in [0.1, 0.15) is 174 Å². The number of hydrogen-bond donors (Lipinski definition) is 0. The van der Waals surface area contributed by atoms with Crippen molar-refractivity contribution in [2.24, 2.45) is 0 Å². The maximum atomic E-state index is 12.8. The number of carbonyl (C=O) groups is 3. The van der Waals surface area contributed by atoms with E-state index >= 15 is 0 Å². The van der Waals surface area contributed by atoms with Crippen molar-refractivity contribution >= 4 is 17.9 Å². The summed E-state index contributed by atoms with van der Waals surface area (Å²) in [5.41, 5.74) is 0. The highest BCUT2D eigenvalue weighted by atomic mass is 16.7. The summed E-state index contributed by atoms with van der Waals surface area (Å²) in [6.07, 6.45) is 49.4. The first-order valence-electron chi connectivity index (χ1n) is 23.6. The van der Waals surface area contributed by atoms with Gasteiger partial charge in [-0.2, -0.15) is 0 Å². The van der Waals surface area contributed by atoms with Crippen molar-refractivity contribution in [1.29, 1.82) is 0 Å². The molecule has 9 heteroatoms. The predicted molar refractivity (Wildman–Crippen MR) is 246 cm³/mol. The number of allylic oxidation sites excluding steroid dienone is 12. The van der Waals surface area contributed by atoms with Gasteiger partial charge in [-0.1, -0.05) is 157 Å². The molecule has 0 heterocycles. The molecule has 0 fully saturated rings. The average molecular weight is 842 g/mol. The number of ether oxygens (including phenoxy) is 4. The smallest absolute Gasteiger partial charge is 0.306 e. The van der Waals surface area contributed by atoms with E-state index < -0.39 is 24.3 Å². The Kier molecular flexibility index (Phi) is 40.1. The van der Waals surface area contributed by atoms with Gasteiger partial charge >= 0.3 is 11.9 Å². The Balaban J connectivity index is 4.32. The standard InChI is InChI=1S/C51H87NO8/c1-6-8-10-12-14-16-18-19-20-21-22-23-24-25-26-27-28-29-30-31-32-34-36-38-40-42-49(54)60-47(46-59-51(50(55)56)57-44-43-52(3,4)5)45-58-48(53)41-39-37-35-33-17-15-13-11-9-7-2/h8,10-11,13-14,16,19-20,22-23,25-26,47,51H,6-7,9,12,15,17-18,21,24,27-46H2,1-5H3/b10-8-,13-11-,16-14-,20-19-,23-22-,26-25-. The second-order valence-electron chi connectivity index (χ2n) is 16.7. The van der Waals surface area contributed by atoms with Gasteiger partial charge in [0.25, 0.3) is 0 Å². The minimum Gasteiger partial charge on any atom is -0.545 e. The fourth-order valence-corrected chi connectivity index (χ4v) is 6.03. The van der Waals surface area contributed by atoms with Gasteiger partial charge < -0.3 is 33.3 Å². The van der Waals surface area contributed by atoms with Crippen LogP contribution < -0.4 is 5.11 Å². The van der Waals surface area contributed by atoms with Gasteiger partial charge in [0.1, 0.15) is 13.2 Å². The van der Waals surface area contributed by atoms with Gasteiger partial charge in [0, 0.05) is 12.8 Å². The molecule has 0 aliphatic heterocycles. The van der Waals surface area contributed by atoms with E-state index in [0.29, 0.717) is 17.4 Å². The highest BCUT2D eigenvalue weighted by Gasteiger charge is 2.21. The molecule has 0 amide bonds. The monoisotopic (exact) mass is 842 g/mol. The molecule has 0 aromatic heterocycles. The first-order valence-corrected chi connectivity index (χ1v) is 23.6. The predicted octanol–water partition coefficient (Wildman–Crippen LogP) is 11.4. The lowest BCUT2D eigenvalue weighted by molar-refractivity contribution is -0.870. The number of rotatable bonds is 42. The van der Waals surface area contributed by atoms with Crippen LogP contribution in [0.25, 0.3) is 0 Å². The summed E-state index contributed by atoms with van der Waals surface area (Å²) in [6, 6.07) is 0. The summed E-state index contributed by atoms with van der Waals surface area (Å²) in [5.74, 6) is -2.32. The lowest BCUT2D eigenvalue weighted by Gasteiger charge is -2.26. The van der Waals surface area contributed by atoms with E-state index in [-0.39, 0.29) is 38.6 Å². The first kappa shape index (κ1) is 56.7. The number of carboxylic acids is 1.